The van der Waals surface area contributed by atoms with Crippen molar-refractivity contribution in [1.29, 1.82) is 0 Å². The average molecular weight is 273 g/mol. The first-order valence-electron chi connectivity index (χ1n) is 5.16. The molecule has 0 bridgehead atoms. The monoisotopic (exact) mass is 273 g/mol. The quantitative estimate of drug-likeness (QED) is 0.906. The van der Waals surface area contributed by atoms with Crippen molar-refractivity contribution < 1.29 is 18.3 Å². The molecule has 96 valence electrons. The SMILES string of the molecule is Cc1nc(CO)sc1-c1ccc(C(F)(F)F)cc1. The predicted octanol–water partition coefficient (Wildman–Crippen LogP) is 3.63. The average Bonchev–Trinajstić information content (AvgIpc) is 2.70. The van der Waals surface area contributed by atoms with E-state index >= 15 is 0 Å². The fraction of sp³-hybridized carbons (Fsp3) is 0.250. The van der Waals surface area contributed by atoms with Gasteiger partial charge in [0.25, 0.3) is 0 Å². The van der Waals surface area contributed by atoms with Gasteiger partial charge >= 0.3 is 6.18 Å². The third-order valence-electron chi connectivity index (χ3n) is 2.45. The van der Waals surface area contributed by atoms with E-state index in [1.54, 1.807) is 6.92 Å². The van der Waals surface area contributed by atoms with E-state index in [-0.39, 0.29) is 6.61 Å². The van der Waals surface area contributed by atoms with E-state index in [4.69, 9.17) is 5.11 Å². The normalized spacial score (nSPS) is 11.8. The third-order valence-corrected chi connectivity index (χ3v) is 3.64. The van der Waals surface area contributed by atoms with E-state index < -0.39 is 11.7 Å². The third kappa shape index (κ3) is 2.54. The van der Waals surface area contributed by atoms with Crippen LogP contribution in [-0.2, 0) is 12.8 Å². The minimum absolute atomic E-state index is 0.161. The van der Waals surface area contributed by atoms with Crippen molar-refractivity contribution in [3.8, 4) is 10.4 Å². The molecular formula is C12H10F3NOS. The molecule has 0 amide bonds. The van der Waals surface area contributed by atoms with E-state index in [1.165, 1.54) is 23.5 Å². The van der Waals surface area contributed by atoms with Crippen molar-refractivity contribution in [2.75, 3.05) is 0 Å². The summed E-state index contributed by atoms with van der Waals surface area (Å²) in [7, 11) is 0. The summed E-state index contributed by atoms with van der Waals surface area (Å²) in [6.07, 6.45) is -4.32. The summed E-state index contributed by atoms with van der Waals surface area (Å²) in [5.41, 5.74) is 0.720. The topological polar surface area (TPSA) is 33.1 Å². The van der Waals surface area contributed by atoms with Gasteiger partial charge < -0.3 is 5.11 Å². The molecule has 1 N–H and O–H groups in total. The number of aliphatic hydroxyl groups is 1. The molecule has 1 heterocycles. The molecule has 18 heavy (non-hydrogen) atoms. The molecule has 1 aromatic heterocycles. The largest absolute Gasteiger partial charge is 0.416 e. The highest BCUT2D eigenvalue weighted by Gasteiger charge is 2.30. The molecule has 0 radical (unpaired) electrons. The molecule has 0 atom stereocenters. The van der Waals surface area contributed by atoms with Crippen LogP contribution in [0.2, 0.25) is 0 Å². The summed E-state index contributed by atoms with van der Waals surface area (Å²) in [6.45, 7) is 1.61. The smallest absolute Gasteiger partial charge is 0.389 e. The lowest BCUT2D eigenvalue weighted by atomic mass is 10.1. The number of alkyl halides is 3. The van der Waals surface area contributed by atoms with Crippen molar-refractivity contribution in [3.63, 3.8) is 0 Å². The Balaban J connectivity index is 2.37. The number of halogens is 3. The van der Waals surface area contributed by atoms with Gasteiger partial charge in [-0.05, 0) is 24.6 Å². The van der Waals surface area contributed by atoms with Crippen molar-refractivity contribution in [1.82, 2.24) is 4.98 Å². The van der Waals surface area contributed by atoms with Crippen molar-refractivity contribution >= 4 is 11.3 Å². The van der Waals surface area contributed by atoms with Crippen LogP contribution >= 0.6 is 11.3 Å². The minimum atomic E-state index is -4.32. The first-order chi connectivity index (χ1) is 8.41. The lowest BCUT2D eigenvalue weighted by molar-refractivity contribution is -0.137. The Kier molecular flexibility index (Phi) is 3.41. The van der Waals surface area contributed by atoms with Crippen molar-refractivity contribution in [2.24, 2.45) is 0 Å². The summed E-state index contributed by atoms with van der Waals surface area (Å²) in [5, 5.41) is 9.53. The standard InChI is InChI=1S/C12H10F3NOS/c1-7-11(18-10(6-17)16-7)8-2-4-9(5-3-8)12(13,14)15/h2-5,17H,6H2,1H3. The molecule has 0 saturated carbocycles. The number of aliphatic hydroxyl groups excluding tert-OH is 1. The Hall–Kier alpha value is -1.40. The Morgan fingerprint density at radius 2 is 1.83 bits per heavy atom. The van der Waals surface area contributed by atoms with E-state index in [2.05, 4.69) is 4.98 Å². The van der Waals surface area contributed by atoms with Gasteiger partial charge in [0.05, 0.1) is 22.7 Å². The summed E-state index contributed by atoms with van der Waals surface area (Å²) in [5.74, 6) is 0. The van der Waals surface area contributed by atoms with Crippen LogP contribution < -0.4 is 0 Å². The number of hydrogen-bond donors (Lipinski definition) is 1. The second-order valence-electron chi connectivity index (χ2n) is 3.76. The van der Waals surface area contributed by atoms with Gasteiger partial charge in [-0.25, -0.2) is 4.98 Å². The van der Waals surface area contributed by atoms with Crippen LogP contribution in [0, 0.1) is 6.92 Å². The predicted molar refractivity (Wildman–Crippen MR) is 63.2 cm³/mol. The molecule has 6 heteroatoms. The number of rotatable bonds is 2. The molecule has 0 aliphatic carbocycles. The summed E-state index contributed by atoms with van der Waals surface area (Å²) in [6, 6.07) is 4.94. The van der Waals surface area contributed by atoms with Crippen molar-refractivity contribution in [3.05, 3.63) is 40.5 Å². The number of nitrogens with zero attached hydrogens (tertiary/aromatic N) is 1. The maximum absolute atomic E-state index is 12.4. The van der Waals surface area contributed by atoms with Gasteiger partial charge in [-0.2, -0.15) is 13.2 Å². The molecule has 0 saturated heterocycles. The molecule has 1 aromatic carbocycles. The van der Waals surface area contributed by atoms with Crippen LogP contribution in [-0.4, -0.2) is 10.1 Å². The van der Waals surface area contributed by atoms with Gasteiger partial charge in [-0.15, -0.1) is 11.3 Å². The van der Waals surface area contributed by atoms with E-state index in [9.17, 15) is 13.2 Å². The number of aromatic nitrogens is 1. The van der Waals surface area contributed by atoms with Crippen LogP contribution in [0.5, 0.6) is 0 Å². The molecule has 0 spiro atoms. The molecule has 2 nitrogen and oxygen atoms in total. The first kappa shape index (κ1) is 13.0. The van der Waals surface area contributed by atoms with Gasteiger partial charge in [0, 0.05) is 0 Å². The number of benzene rings is 1. The lowest BCUT2D eigenvalue weighted by Crippen LogP contribution is -2.03. The zero-order chi connectivity index (χ0) is 13.3. The lowest BCUT2D eigenvalue weighted by Gasteiger charge is -2.06. The Morgan fingerprint density at radius 1 is 1.22 bits per heavy atom. The van der Waals surface area contributed by atoms with Gasteiger partial charge in [0.1, 0.15) is 5.01 Å². The molecule has 2 aromatic rings. The molecule has 0 aliphatic heterocycles. The number of hydrogen-bond acceptors (Lipinski definition) is 3. The van der Waals surface area contributed by atoms with E-state index in [0.29, 0.717) is 16.3 Å². The highest BCUT2D eigenvalue weighted by Crippen LogP contribution is 2.34. The van der Waals surface area contributed by atoms with Gasteiger partial charge in [0.2, 0.25) is 0 Å². The maximum atomic E-state index is 12.4. The molecular weight excluding hydrogens is 263 g/mol. The Labute approximate surface area is 106 Å². The van der Waals surface area contributed by atoms with E-state index in [1.807, 2.05) is 0 Å². The summed E-state index contributed by atoms with van der Waals surface area (Å²) < 4.78 is 37.3. The zero-order valence-electron chi connectivity index (χ0n) is 9.45. The fourth-order valence-corrected chi connectivity index (χ4v) is 2.53. The second-order valence-corrected chi connectivity index (χ2v) is 4.84. The summed E-state index contributed by atoms with van der Waals surface area (Å²) >= 11 is 1.28. The zero-order valence-corrected chi connectivity index (χ0v) is 10.3. The first-order valence-corrected chi connectivity index (χ1v) is 5.98. The number of thiazole rings is 1. The highest BCUT2D eigenvalue weighted by molar-refractivity contribution is 7.15. The fourth-order valence-electron chi connectivity index (χ4n) is 1.60. The van der Waals surface area contributed by atoms with Gasteiger partial charge in [0.15, 0.2) is 0 Å². The van der Waals surface area contributed by atoms with E-state index in [0.717, 1.165) is 17.0 Å². The van der Waals surface area contributed by atoms with Crippen molar-refractivity contribution in [2.45, 2.75) is 19.7 Å². The van der Waals surface area contributed by atoms with Crippen LogP contribution in [0.3, 0.4) is 0 Å². The highest BCUT2D eigenvalue weighted by atomic mass is 32.1. The summed E-state index contributed by atoms with van der Waals surface area (Å²) in [4.78, 5) is 4.91. The van der Waals surface area contributed by atoms with Crippen LogP contribution in [0.1, 0.15) is 16.3 Å². The molecule has 0 fully saturated rings. The maximum Gasteiger partial charge on any atom is 0.416 e. The van der Waals surface area contributed by atoms with Crippen LogP contribution in [0.4, 0.5) is 13.2 Å². The van der Waals surface area contributed by atoms with Gasteiger partial charge in [-0.3, -0.25) is 0 Å². The van der Waals surface area contributed by atoms with Crippen LogP contribution in [0.15, 0.2) is 24.3 Å². The molecule has 0 unspecified atom stereocenters. The number of aryl methyl sites for hydroxylation is 1. The minimum Gasteiger partial charge on any atom is -0.389 e. The molecule has 0 aliphatic rings. The Morgan fingerprint density at radius 3 is 2.28 bits per heavy atom. The second kappa shape index (κ2) is 4.70. The Bertz CT molecular complexity index is 545. The van der Waals surface area contributed by atoms with Gasteiger partial charge in [-0.1, -0.05) is 12.1 Å². The van der Waals surface area contributed by atoms with Crippen LogP contribution in [0.25, 0.3) is 10.4 Å². The molecule has 2 rings (SSSR count).